The molecule has 1 atom stereocenters. The number of methoxy groups -OCH3 is 1. The summed E-state index contributed by atoms with van der Waals surface area (Å²) in [6.07, 6.45) is 0.354. The lowest BCUT2D eigenvalue weighted by Crippen LogP contribution is -2.39. The van der Waals surface area contributed by atoms with E-state index < -0.39 is 42.3 Å². The van der Waals surface area contributed by atoms with Gasteiger partial charge in [0.25, 0.3) is 5.56 Å². The number of carbonyl (C=O) groups is 1. The van der Waals surface area contributed by atoms with E-state index in [0.29, 0.717) is 10.6 Å². The van der Waals surface area contributed by atoms with Crippen molar-refractivity contribution in [3.63, 3.8) is 0 Å². The van der Waals surface area contributed by atoms with E-state index in [1.54, 1.807) is 0 Å². The van der Waals surface area contributed by atoms with Gasteiger partial charge in [-0.2, -0.15) is 5.26 Å². The molecular weight excluding hydrogens is 406 g/mol. The molecule has 0 saturated heterocycles. The molecular formula is C20H17ClF2N2O4. The third-order valence-electron chi connectivity index (χ3n) is 5.01. The molecule has 29 heavy (non-hydrogen) atoms. The lowest BCUT2D eigenvalue weighted by atomic mass is 9.77. The number of hydrogen-bond donors (Lipinski definition) is 1. The summed E-state index contributed by atoms with van der Waals surface area (Å²) in [7, 11) is 1.34. The van der Waals surface area contributed by atoms with Crippen LogP contribution in [0.15, 0.2) is 35.3 Å². The van der Waals surface area contributed by atoms with E-state index in [0.717, 1.165) is 10.6 Å². The van der Waals surface area contributed by atoms with Gasteiger partial charge < -0.3 is 9.84 Å². The summed E-state index contributed by atoms with van der Waals surface area (Å²) in [6, 6.07) is 6.41. The summed E-state index contributed by atoms with van der Waals surface area (Å²) in [5.74, 6) is -4.39. The summed E-state index contributed by atoms with van der Waals surface area (Å²) in [5, 5.41) is 19.3. The number of aliphatic carboxylic acids is 1. The second-order valence-corrected chi connectivity index (χ2v) is 7.46. The van der Waals surface area contributed by atoms with Crippen molar-refractivity contribution in [1.29, 1.82) is 5.26 Å². The van der Waals surface area contributed by atoms with Crippen LogP contribution in [0.2, 0.25) is 5.02 Å². The van der Waals surface area contributed by atoms with E-state index in [9.17, 15) is 28.7 Å². The number of rotatable bonds is 6. The van der Waals surface area contributed by atoms with Crippen molar-refractivity contribution in [2.24, 2.45) is 5.92 Å². The fourth-order valence-electron chi connectivity index (χ4n) is 3.58. The fraction of sp³-hybridized carbons (Fsp3) is 0.350. The second kappa shape index (κ2) is 7.84. The molecule has 1 unspecified atom stereocenters. The minimum atomic E-state index is -2.78. The Morgan fingerprint density at radius 1 is 1.41 bits per heavy atom. The maximum Gasteiger partial charge on any atom is 0.326 e. The van der Waals surface area contributed by atoms with Gasteiger partial charge in [0, 0.05) is 35.1 Å². The highest BCUT2D eigenvalue weighted by Gasteiger charge is 2.46. The van der Waals surface area contributed by atoms with Gasteiger partial charge in [0.15, 0.2) is 0 Å². The van der Waals surface area contributed by atoms with Gasteiger partial charge in [0.1, 0.15) is 11.8 Å². The minimum Gasteiger partial charge on any atom is -0.495 e. The van der Waals surface area contributed by atoms with Crippen LogP contribution in [0.1, 0.15) is 30.9 Å². The summed E-state index contributed by atoms with van der Waals surface area (Å²) in [5.41, 5.74) is 0.262. The molecule has 0 radical (unpaired) electrons. The summed E-state index contributed by atoms with van der Waals surface area (Å²) in [6.45, 7) is 0. The number of pyridine rings is 1. The SMILES string of the molecule is COc1cn(C(CC2CC(F)(F)C2)C(=O)O)c(=O)cc1-c1cc(Cl)ccc1C#N. The predicted molar refractivity (Wildman–Crippen MR) is 101 cm³/mol. The van der Waals surface area contributed by atoms with E-state index in [4.69, 9.17) is 16.3 Å². The number of hydrogen-bond acceptors (Lipinski definition) is 4. The van der Waals surface area contributed by atoms with E-state index in [1.807, 2.05) is 6.07 Å². The van der Waals surface area contributed by atoms with Crippen LogP contribution in [0, 0.1) is 17.2 Å². The van der Waals surface area contributed by atoms with Crippen LogP contribution in [0.3, 0.4) is 0 Å². The fourth-order valence-corrected chi connectivity index (χ4v) is 3.75. The molecule has 1 fully saturated rings. The Hall–Kier alpha value is -2.92. The number of halogens is 3. The first-order valence-electron chi connectivity index (χ1n) is 8.76. The molecule has 6 nitrogen and oxygen atoms in total. The van der Waals surface area contributed by atoms with Crippen LogP contribution in [-0.2, 0) is 4.79 Å². The van der Waals surface area contributed by atoms with Crippen LogP contribution < -0.4 is 10.3 Å². The number of ether oxygens (including phenoxy) is 1. The average molecular weight is 423 g/mol. The zero-order valence-electron chi connectivity index (χ0n) is 15.4. The standard InChI is InChI=1S/C20H17ClF2N2O4/c1-29-17-10-25(16(19(27)28)4-11-7-20(22,23)8-11)18(26)6-15(17)14-5-13(21)3-2-12(14)9-24/h2-3,5-6,10-11,16H,4,7-8H2,1H3,(H,27,28). The molecule has 0 amide bonds. The Balaban J connectivity index is 2.04. The number of alkyl halides is 2. The van der Waals surface area contributed by atoms with Crippen molar-refractivity contribution in [1.82, 2.24) is 4.57 Å². The molecule has 0 bridgehead atoms. The normalized spacial score (nSPS) is 16.5. The molecule has 1 aliphatic rings. The maximum atomic E-state index is 13.1. The van der Waals surface area contributed by atoms with Crippen molar-refractivity contribution < 1.29 is 23.4 Å². The van der Waals surface area contributed by atoms with Crippen LogP contribution in [0.4, 0.5) is 8.78 Å². The first kappa shape index (κ1) is 20.8. The molecule has 1 aromatic carbocycles. The molecule has 0 spiro atoms. The number of aromatic nitrogens is 1. The average Bonchev–Trinajstić information content (AvgIpc) is 2.64. The third kappa shape index (κ3) is 4.25. The Kier molecular flexibility index (Phi) is 5.62. The summed E-state index contributed by atoms with van der Waals surface area (Å²) >= 11 is 6.01. The summed E-state index contributed by atoms with van der Waals surface area (Å²) in [4.78, 5) is 24.4. The quantitative estimate of drug-likeness (QED) is 0.756. The van der Waals surface area contributed by atoms with Gasteiger partial charge in [-0.05, 0) is 30.5 Å². The third-order valence-corrected chi connectivity index (χ3v) is 5.24. The molecule has 1 aromatic heterocycles. The minimum absolute atomic E-state index is 0.0893. The highest BCUT2D eigenvalue weighted by atomic mass is 35.5. The zero-order valence-corrected chi connectivity index (χ0v) is 16.1. The van der Waals surface area contributed by atoms with Crippen molar-refractivity contribution in [3.8, 4) is 22.9 Å². The van der Waals surface area contributed by atoms with E-state index in [2.05, 4.69) is 0 Å². The highest BCUT2D eigenvalue weighted by Crippen LogP contribution is 2.46. The monoisotopic (exact) mass is 422 g/mol. The second-order valence-electron chi connectivity index (χ2n) is 7.02. The topological polar surface area (TPSA) is 92.3 Å². The van der Waals surface area contributed by atoms with Crippen molar-refractivity contribution >= 4 is 17.6 Å². The Bertz CT molecular complexity index is 1050. The number of benzene rings is 1. The van der Waals surface area contributed by atoms with E-state index in [1.165, 1.54) is 31.5 Å². The first-order chi connectivity index (χ1) is 13.6. The van der Waals surface area contributed by atoms with Gasteiger partial charge in [-0.1, -0.05) is 11.6 Å². The first-order valence-corrected chi connectivity index (χ1v) is 9.14. The van der Waals surface area contributed by atoms with Gasteiger partial charge in [0.05, 0.1) is 24.9 Å². The van der Waals surface area contributed by atoms with Crippen LogP contribution in [0.25, 0.3) is 11.1 Å². The largest absolute Gasteiger partial charge is 0.495 e. The van der Waals surface area contributed by atoms with Gasteiger partial charge in [-0.25, -0.2) is 13.6 Å². The van der Waals surface area contributed by atoms with Crippen LogP contribution in [-0.4, -0.2) is 28.7 Å². The Labute approximate surface area is 169 Å². The molecule has 2 aromatic rings. The van der Waals surface area contributed by atoms with Crippen LogP contribution in [0.5, 0.6) is 5.75 Å². The van der Waals surface area contributed by atoms with Gasteiger partial charge in [0.2, 0.25) is 5.92 Å². The lowest BCUT2D eigenvalue weighted by Gasteiger charge is -2.36. The number of nitrogens with zero attached hydrogens (tertiary/aromatic N) is 2. The molecule has 1 saturated carbocycles. The van der Waals surface area contributed by atoms with Crippen LogP contribution >= 0.6 is 11.6 Å². The number of nitriles is 1. The van der Waals surface area contributed by atoms with E-state index in [-0.39, 0.29) is 23.3 Å². The number of carboxylic acids is 1. The smallest absolute Gasteiger partial charge is 0.326 e. The molecule has 9 heteroatoms. The Morgan fingerprint density at radius 3 is 2.66 bits per heavy atom. The zero-order chi connectivity index (χ0) is 21.3. The molecule has 1 heterocycles. The van der Waals surface area contributed by atoms with Crippen molar-refractivity contribution in [3.05, 3.63) is 51.4 Å². The maximum absolute atomic E-state index is 13.1. The van der Waals surface area contributed by atoms with Gasteiger partial charge >= 0.3 is 5.97 Å². The highest BCUT2D eigenvalue weighted by molar-refractivity contribution is 6.31. The van der Waals surface area contributed by atoms with Gasteiger partial charge in [-0.15, -0.1) is 0 Å². The lowest BCUT2D eigenvalue weighted by molar-refractivity contribution is -0.146. The molecule has 152 valence electrons. The molecule has 1 aliphatic carbocycles. The van der Waals surface area contributed by atoms with Crippen molar-refractivity contribution in [2.75, 3.05) is 7.11 Å². The Morgan fingerprint density at radius 2 is 2.10 bits per heavy atom. The molecule has 1 N–H and O–H groups in total. The number of carboxylic acid groups (broad SMARTS) is 1. The molecule has 0 aliphatic heterocycles. The molecule has 3 rings (SSSR count). The predicted octanol–water partition coefficient (Wildman–Crippen LogP) is 4.11. The summed E-state index contributed by atoms with van der Waals surface area (Å²) < 4.78 is 32.5. The van der Waals surface area contributed by atoms with Gasteiger partial charge in [-0.3, -0.25) is 9.36 Å². The van der Waals surface area contributed by atoms with E-state index >= 15 is 0 Å². The van der Waals surface area contributed by atoms with Crippen molar-refractivity contribution in [2.45, 2.75) is 31.2 Å².